The predicted molar refractivity (Wildman–Crippen MR) is 90.9 cm³/mol. The van der Waals surface area contributed by atoms with E-state index < -0.39 is 28.9 Å². The van der Waals surface area contributed by atoms with Gasteiger partial charge in [0.15, 0.2) is 5.13 Å². The third-order valence-electron chi connectivity index (χ3n) is 3.77. The Morgan fingerprint density at radius 1 is 1.31 bits per heavy atom. The van der Waals surface area contributed by atoms with Crippen molar-refractivity contribution in [2.45, 2.75) is 20.0 Å². The lowest BCUT2D eigenvalue weighted by Crippen LogP contribution is -2.21. The molecular weight excluding hydrogens is 369 g/mol. The number of thiazole rings is 1. The van der Waals surface area contributed by atoms with Gasteiger partial charge in [-0.1, -0.05) is 0 Å². The molecule has 3 aromatic rings. The summed E-state index contributed by atoms with van der Waals surface area (Å²) >= 11 is 1.38. The highest BCUT2D eigenvalue weighted by atomic mass is 32.1. The van der Waals surface area contributed by atoms with Crippen molar-refractivity contribution in [3.8, 4) is 5.13 Å². The van der Waals surface area contributed by atoms with Gasteiger partial charge in [-0.3, -0.25) is 14.2 Å². The standard InChI is InChI=1S/C16H13F3N4O2S/c1-8-5-11(9(2)23(8)15-20-3-4-26-15)13(24)22-12-6-10(16(17,18)19)7-21-14(12)25/h3-7H,1-2H3,(H,21,25)(H,22,24). The maximum atomic E-state index is 12.8. The molecule has 0 atom stereocenters. The highest BCUT2D eigenvalue weighted by Gasteiger charge is 2.31. The van der Waals surface area contributed by atoms with Gasteiger partial charge in [0, 0.05) is 29.2 Å². The molecule has 0 saturated carbocycles. The van der Waals surface area contributed by atoms with Gasteiger partial charge in [-0.15, -0.1) is 11.3 Å². The Morgan fingerprint density at radius 2 is 2.04 bits per heavy atom. The molecule has 0 aliphatic heterocycles. The second-order valence-corrected chi connectivity index (χ2v) is 6.39. The summed E-state index contributed by atoms with van der Waals surface area (Å²) in [7, 11) is 0. The number of alkyl halides is 3. The summed E-state index contributed by atoms with van der Waals surface area (Å²) < 4.78 is 40.1. The van der Waals surface area contributed by atoms with Crippen LogP contribution in [0.4, 0.5) is 18.9 Å². The normalized spacial score (nSPS) is 11.6. The number of carbonyl (C=O) groups is 1. The number of hydrogen-bond donors (Lipinski definition) is 2. The SMILES string of the molecule is Cc1cc(C(=O)Nc2cc(C(F)(F)F)c[nH]c2=O)c(C)n1-c1nccs1. The number of carbonyl (C=O) groups excluding carboxylic acids is 1. The monoisotopic (exact) mass is 382 g/mol. The van der Waals surface area contributed by atoms with Gasteiger partial charge in [0.1, 0.15) is 5.69 Å². The van der Waals surface area contributed by atoms with Gasteiger partial charge in [0.25, 0.3) is 11.5 Å². The quantitative estimate of drug-likeness (QED) is 0.728. The molecule has 0 unspecified atom stereocenters. The number of aromatic nitrogens is 3. The summed E-state index contributed by atoms with van der Waals surface area (Å²) in [5.41, 5.74) is -0.793. The molecule has 0 fully saturated rings. The molecule has 0 aromatic carbocycles. The lowest BCUT2D eigenvalue weighted by Gasteiger charge is -2.09. The Morgan fingerprint density at radius 3 is 2.65 bits per heavy atom. The first-order valence-electron chi connectivity index (χ1n) is 7.38. The summed E-state index contributed by atoms with van der Waals surface area (Å²) in [6, 6.07) is 2.20. The number of amides is 1. The third-order valence-corrected chi connectivity index (χ3v) is 4.52. The van der Waals surface area contributed by atoms with Gasteiger partial charge < -0.3 is 10.3 Å². The van der Waals surface area contributed by atoms with Crippen LogP contribution in [0, 0.1) is 13.8 Å². The molecule has 0 aliphatic carbocycles. The third kappa shape index (κ3) is 3.27. The second-order valence-electron chi connectivity index (χ2n) is 5.52. The van der Waals surface area contributed by atoms with E-state index >= 15 is 0 Å². The van der Waals surface area contributed by atoms with Crippen molar-refractivity contribution in [3.05, 3.63) is 62.8 Å². The number of aromatic amines is 1. The van der Waals surface area contributed by atoms with Crippen molar-refractivity contribution < 1.29 is 18.0 Å². The van der Waals surface area contributed by atoms with E-state index in [4.69, 9.17) is 0 Å². The average molecular weight is 382 g/mol. The van der Waals surface area contributed by atoms with Gasteiger partial charge in [0.05, 0.1) is 11.1 Å². The van der Waals surface area contributed by atoms with E-state index in [1.165, 1.54) is 11.3 Å². The number of H-pyrrole nitrogens is 1. The number of anilines is 1. The maximum absolute atomic E-state index is 12.8. The highest BCUT2D eigenvalue weighted by Crippen LogP contribution is 2.29. The van der Waals surface area contributed by atoms with Crippen LogP contribution >= 0.6 is 11.3 Å². The van der Waals surface area contributed by atoms with Crippen molar-refractivity contribution in [2.75, 3.05) is 5.32 Å². The molecule has 1 amide bonds. The Bertz CT molecular complexity index is 1020. The van der Waals surface area contributed by atoms with Crippen LogP contribution in [0.3, 0.4) is 0 Å². The van der Waals surface area contributed by atoms with Gasteiger partial charge in [0.2, 0.25) is 0 Å². The lowest BCUT2D eigenvalue weighted by atomic mass is 10.2. The van der Waals surface area contributed by atoms with Crippen LogP contribution in [0.25, 0.3) is 5.13 Å². The largest absolute Gasteiger partial charge is 0.417 e. The van der Waals surface area contributed by atoms with Crippen molar-refractivity contribution >= 4 is 22.9 Å². The Hall–Kier alpha value is -2.88. The van der Waals surface area contributed by atoms with Crippen molar-refractivity contribution in [3.63, 3.8) is 0 Å². The molecule has 136 valence electrons. The summed E-state index contributed by atoms with van der Waals surface area (Å²) in [5, 5.41) is 4.70. The first kappa shape index (κ1) is 17.9. The van der Waals surface area contributed by atoms with Gasteiger partial charge >= 0.3 is 6.18 Å². The van der Waals surface area contributed by atoms with E-state index in [2.05, 4.69) is 10.3 Å². The van der Waals surface area contributed by atoms with Crippen LogP contribution in [0.1, 0.15) is 27.3 Å². The van der Waals surface area contributed by atoms with Crippen LogP contribution in [-0.4, -0.2) is 20.4 Å². The van der Waals surface area contributed by atoms with Crippen LogP contribution in [0.5, 0.6) is 0 Å². The Labute approximate surface area is 149 Å². The first-order valence-corrected chi connectivity index (χ1v) is 8.26. The Kier molecular flexibility index (Phi) is 4.45. The van der Waals surface area contributed by atoms with Gasteiger partial charge in [-0.25, -0.2) is 4.98 Å². The number of rotatable bonds is 3. The fourth-order valence-electron chi connectivity index (χ4n) is 2.54. The van der Waals surface area contributed by atoms with E-state index in [-0.39, 0.29) is 5.56 Å². The molecule has 0 aliphatic rings. The molecule has 6 nitrogen and oxygen atoms in total. The molecule has 0 radical (unpaired) electrons. The second kappa shape index (κ2) is 6.45. The van der Waals surface area contributed by atoms with E-state index in [1.807, 2.05) is 4.98 Å². The summed E-state index contributed by atoms with van der Waals surface area (Å²) in [6.45, 7) is 3.47. The van der Waals surface area contributed by atoms with Crippen LogP contribution in [0.2, 0.25) is 0 Å². The van der Waals surface area contributed by atoms with E-state index in [0.29, 0.717) is 23.1 Å². The highest BCUT2D eigenvalue weighted by molar-refractivity contribution is 7.12. The first-order chi connectivity index (χ1) is 12.2. The molecule has 3 aromatic heterocycles. The molecule has 10 heteroatoms. The van der Waals surface area contributed by atoms with Crippen molar-refractivity contribution in [2.24, 2.45) is 0 Å². The molecule has 3 heterocycles. The molecule has 0 saturated heterocycles. The summed E-state index contributed by atoms with van der Waals surface area (Å²) in [6.07, 6.45) is -2.45. The zero-order chi connectivity index (χ0) is 19.1. The van der Waals surface area contributed by atoms with Crippen LogP contribution in [-0.2, 0) is 6.18 Å². The van der Waals surface area contributed by atoms with Crippen LogP contribution < -0.4 is 10.9 Å². The fraction of sp³-hybridized carbons (Fsp3) is 0.188. The topological polar surface area (TPSA) is 79.8 Å². The average Bonchev–Trinajstić information content (AvgIpc) is 3.16. The maximum Gasteiger partial charge on any atom is 0.417 e. The van der Waals surface area contributed by atoms with Crippen LogP contribution in [0.15, 0.2) is 34.7 Å². The van der Waals surface area contributed by atoms with E-state index in [9.17, 15) is 22.8 Å². The van der Waals surface area contributed by atoms with E-state index in [0.717, 1.165) is 5.69 Å². The smallest absolute Gasteiger partial charge is 0.327 e. The predicted octanol–water partition coefficient (Wildman–Crippen LogP) is 3.51. The lowest BCUT2D eigenvalue weighted by molar-refractivity contribution is -0.137. The molecule has 0 spiro atoms. The summed E-state index contributed by atoms with van der Waals surface area (Å²) in [5.74, 6) is -0.675. The number of pyridine rings is 1. The summed E-state index contributed by atoms with van der Waals surface area (Å²) in [4.78, 5) is 30.4. The minimum Gasteiger partial charge on any atom is -0.327 e. The molecule has 2 N–H and O–H groups in total. The molecule has 0 bridgehead atoms. The molecular formula is C16H13F3N4O2S. The van der Waals surface area contributed by atoms with Gasteiger partial charge in [-0.05, 0) is 26.0 Å². The Balaban J connectivity index is 1.95. The number of halogens is 3. The number of aryl methyl sites for hydroxylation is 1. The zero-order valence-electron chi connectivity index (χ0n) is 13.6. The van der Waals surface area contributed by atoms with Crippen molar-refractivity contribution in [1.82, 2.24) is 14.5 Å². The fourth-order valence-corrected chi connectivity index (χ4v) is 3.29. The van der Waals surface area contributed by atoms with E-state index in [1.54, 1.807) is 36.1 Å². The number of hydrogen-bond acceptors (Lipinski definition) is 4. The molecule has 26 heavy (non-hydrogen) atoms. The zero-order valence-corrected chi connectivity index (χ0v) is 14.5. The molecule has 3 rings (SSSR count). The number of nitrogens with one attached hydrogen (secondary N) is 2. The van der Waals surface area contributed by atoms with Gasteiger partial charge in [-0.2, -0.15) is 13.2 Å². The minimum absolute atomic E-state index is 0.245. The number of nitrogens with zero attached hydrogens (tertiary/aromatic N) is 2. The van der Waals surface area contributed by atoms with Crippen molar-refractivity contribution in [1.29, 1.82) is 0 Å². The minimum atomic E-state index is -4.63.